The quantitative estimate of drug-likeness (QED) is 0.854. The lowest BCUT2D eigenvalue weighted by atomic mass is 9.82. The largest absolute Gasteiger partial charge is 0.330 e. The molecule has 0 radical (unpaired) electrons. The third-order valence-corrected chi connectivity index (χ3v) is 4.60. The summed E-state index contributed by atoms with van der Waals surface area (Å²) in [6.07, 6.45) is 5.18. The second-order valence-electron chi connectivity index (χ2n) is 6.15. The summed E-state index contributed by atoms with van der Waals surface area (Å²) in [6, 6.07) is 7.43. The van der Waals surface area contributed by atoms with Crippen molar-refractivity contribution in [3.8, 4) is 0 Å². The molecular formula is C17H28N2. The van der Waals surface area contributed by atoms with Gasteiger partial charge in [-0.2, -0.15) is 0 Å². The predicted molar refractivity (Wildman–Crippen MR) is 82.3 cm³/mol. The maximum atomic E-state index is 5.99. The van der Waals surface area contributed by atoms with Crippen molar-refractivity contribution in [2.24, 2.45) is 17.6 Å². The van der Waals surface area contributed by atoms with E-state index in [2.05, 4.69) is 44.4 Å². The van der Waals surface area contributed by atoms with Crippen molar-refractivity contribution in [2.75, 3.05) is 13.6 Å². The average molecular weight is 260 g/mol. The Morgan fingerprint density at radius 3 is 2.42 bits per heavy atom. The molecule has 0 fully saturated rings. The molecule has 0 bridgehead atoms. The molecule has 3 N–H and O–H groups in total. The van der Waals surface area contributed by atoms with E-state index in [1.54, 1.807) is 11.1 Å². The number of nitrogens with two attached hydrogens (primary N) is 1. The molecule has 2 atom stereocenters. The highest BCUT2D eigenvalue weighted by Crippen LogP contribution is 2.30. The fourth-order valence-corrected chi connectivity index (χ4v) is 3.37. The minimum absolute atomic E-state index is 0.372. The Balaban J connectivity index is 2.27. The summed E-state index contributed by atoms with van der Waals surface area (Å²) < 4.78 is 0. The van der Waals surface area contributed by atoms with E-state index in [1.165, 1.54) is 31.2 Å². The van der Waals surface area contributed by atoms with Crippen molar-refractivity contribution in [3.05, 3.63) is 34.9 Å². The molecule has 2 nitrogen and oxygen atoms in total. The molecule has 0 heterocycles. The maximum absolute atomic E-state index is 5.99. The van der Waals surface area contributed by atoms with Crippen LogP contribution in [0.15, 0.2) is 18.2 Å². The number of benzene rings is 1. The molecule has 0 saturated carbocycles. The summed E-state index contributed by atoms with van der Waals surface area (Å²) in [7, 11) is 2.05. The molecule has 0 saturated heterocycles. The van der Waals surface area contributed by atoms with Crippen LogP contribution in [0, 0.1) is 11.8 Å². The Hall–Kier alpha value is -0.860. The first-order chi connectivity index (χ1) is 9.17. The standard InChI is InChI=1S/C17H28N2/c1-12(2)16(11-18)17(19-3)15-9-8-13-6-4-5-7-14(13)10-15/h8-10,12,16-17,19H,4-7,11,18H2,1-3H3. The molecule has 0 spiro atoms. The number of aryl methyl sites for hydroxylation is 2. The molecular weight excluding hydrogens is 232 g/mol. The third-order valence-electron chi connectivity index (χ3n) is 4.60. The molecule has 0 amide bonds. The van der Waals surface area contributed by atoms with E-state index in [0.29, 0.717) is 17.9 Å². The molecule has 106 valence electrons. The Morgan fingerprint density at radius 1 is 1.16 bits per heavy atom. The molecule has 2 heteroatoms. The van der Waals surface area contributed by atoms with Crippen LogP contribution in [0.3, 0.4) is 0 Å². The zero-order valence-electron chi connectivity index (χ0n) is 12.6. The van der Waals surface area contributed by atoms with Gasteiger partial charge in [-0.25, -0.2) is 0 Å². The zero-order valence-corrected chi connectivity index (χ0v) is 12.6. The fraction of sp³-hybridized carbons (Fsp3) is 0.647. The number of hydrogen-bond acceptors (Lipinski definition) is 2. The van der Waals surface area contributed by atoms with Gasteiger partial charge in [0.2, 0.25) is 0 Å². The van der Waals surface area contributed by atoms with Crippen molar-refractivity contribution in [1.82, 2.24) is 5.32 Å². The van der Waals surface area contributed by atoms with E-state index < -0.39 is 0 Å². The second-order valence-corrected chi connectivity index (χ2v) is 6.15. The average Bonchev–Trinajstić information content (AvgIpc) is 2.43. The first-order valence-corrected chi connectivity index (χ1v) is 7.66. The van der Waals surface area contributed by atoms with Crippen LogP contribution in [-0.4, -0.2) is 13.6 Å². The van der Waals surface area contributed by atoms with Gasteiger partial charge in [0.1, 0.15) is 0 Å². The van der Waals surface area contributed by atoms with Crippen LogP contribution < -0.4 is 11.1 Å². The summed E-state index contributed by atoms with van der Waals surface area (Å²) in [5, 5.41) is 3.48. The first kappa shape index (κ1) is 14.5. The number of hydrogen-bond donors (Lipinski definition) is 2. The van der Waals surface area contributed by atoms with Crippen LogP contribution in [0.5, 0.6) is 0 Å². The van der Waals surface area contributed by atoms with Crippen molar-refractivity contribution in [1.29, 1.82) is 0 Å². The van der Waals surface area contributed by atoms with Gasteiger partial charge in [-0.1, -0.05) is 32.0 Å². The van der Waals surface area contributed by atoms with Crippen LogP contribution >= 0.6 is 0 Å². The van der Waals surface area contributed by atoms with Gasteiger partial charge < -0.3 is 11.1 Å². The van der Waals surface area contributed by atoms with E-state index in [0.717, 1.165) is 6.54 Å². The Labute approximate surface area is 117 Å². The van der Waals surface area contributed by atoms with E-state index in [4.69, 9.17) is 5.73 Å². The minimum Gasteiger partial charge on any atom is -0.330 e. The van der Waals surface area contributed by atoms with Crippen molar-refractivity contribution >= 4 is 0 Å². The van der Waals surface area contributed by atoms with Crippen LogP contribution in [0.1, 0.15) is 49.4 Å². The van der Waals surface area contributed by atoms with Crippen LogP contribution in [-0.2, 0) is 12.8 Å². The zero-order chi connectivity index (χ0) is 13.8. The molecule has 0 aromatic heterocycles. The monoisotopic (exact) mass is 260 g/mol. The van der Waals surface area contributed by atoms with Gasteiger partial charge in [-0.3, -0.25) is 0 Å². The summed E-state index contributed by atoms with van der Waals surface area (Å²) in [6.45, 7) is 5.26. The number of rotatable bonds is 5. The summed E-state index contributed by atoms with van der Waals surface area (Å²) in [4.78, 5) is 0. The van der Waals surface area contributed by atoms with Crippen LogP contribution in [0.2, 0.25) is 0 Å². The number of nitrogens with one attached hydrogen (secondary N) is 1. The molecule has 1 aliphatic carbocycles. The Morgan fingerprint density at radius 2 is 1.84 bits per heavy atom. The van der Waals surface area contributed by atoms with Gasteiger partial charge >= 0.3 is 0 Å². The van der Waals surface area contributed by atoms with Gasteiger partial charge in [0, 0.05) is 6.04 Å². The van der Waals surface area contributed by atoms with Crippen molar-refractivity contribution in [3.63, 3.8) is 0 Å². The summed E-state index contributed by atoms with van der Waals surface area (Å²) in [5.74, 6) is 1.09. The molecule has 1 aromatic rings. The fourth-order valence-electron chi connectivity index (χ4n) is 3.37. The lowest BCUT2D eigenvalue weighted by Gasteiger charge is -2.30. The van der Waals surface area contributed by atoms with Gasteiger partial charge in [-0.05, 0) is 67.8 Å². The molecule has 19 heavy (non-hydrogen) atoms. The molecule has 0 aliphatic heterocycles. The second kappa shape index (κ2) is 6.53. The van der Waals surface area contributed by atoms with Crippen molar-refractivity contribution < 1.29 is 0 Å². The van der Waals surface area contributed by atoms with E-state index in [-0.39, 0.29) is 0 Å². The van der Waals surface area contributed by atoms with Crippen molar-refractivity contribution in [2.45, 2.75) is 45.6 Å². The van der Waals surface area contributed by atoms with E-state index in [1.807, 2.05) is 0 Å². The highest BCUT2D eigenvalue weighted by Gasteiger charge is 2.24. The topological polar surface area (TPSA) is 38.0 Å². The molecule has 2 rings (SSSR count). The maximum Gasteiger partial charge on any atom is 0.0360 e. The van der Waals surface area contributed by atoms with Gasteiger partial charge in [-0.15, -0.1) is 0 Å². The van der Waals surface area contributed by atoms with E-state index in [9.17, 15) is 0 Å². The molecule has 1 aliphatic rings. The SMILES string of the molecule is CNC(c1ccc2c(c1)CCCC2)C(CN)C(C)C. The lowest BCUT2D eigenvalue weighted by Crippen LogP contribution is -2.34. The van der Waals surface area contributed by atoms with Crippen LogP contribution in [0.4, 0.5) is 0 Å². The Kier molecular flexibility index (Phi) is 5.00. The van der Waals surface area contributed by atoms with Gasteiger partial charge in [0.25, 0.3) is 0 Å². The smallest absolute Gasteiger partial charge is 0.0360 e. The first-order valence-electron chi connectivity index (χ1n) is 7.66. The molecule has 1 aromatic carbocycles. The van der Waals surface area contributed by atoms with Gasteiger partial charge in [0.15, 0.2) is 0 Å². The summed E-state index contributed by atoms with van der Waals surface area (Å²) in [5.41, 5.74) is 10.5. The normalized spacial score (nSPS) is 18.2. The minimum atomic E-state index is 0.372. The Bertz CT molecular complexity index is 412. The third kappa shape index (κ3) is 3.18. The highest BCUT2D eigenvalue weighted by atomic mass is 14.9. The number of fused-ring (bicyclic) bond motifs is 1. The van der Waals surface area contributed by atoms with Crippen LogP contribution in [0.25, 0.3) is 0 Å². The molecule has 2 unspecified atom stereocenters. The van der Waals surface area contributed by atoms with E-state index >= 15 is 0 Å². The predicted octanol–water partition coefficient (Wildman–Crippen LogP) is 3.06. The summed E-state index contributed by atoms with van der Waals surface area (Å²) >= 11 is 0. The highest BCUT2D eigenvalue weighted by molar-refractivity contribution is 5.35. The van der Waals surface area contributed by atoms with Gasteiger partial charge in [0.05, 0.1) is 0 Å². The lowest BCUT2D eigenvalue weighted by molar-refractivity contribution is 0.299.